The fourth-order valence-corrected chi connectivity index (χ4v) is 2.33. The minimum Gasteiger partial charge on any atom is -0.322 e. The zero-order valence-corrected chi connectivity index (χ0v) is 13.1. The van der Waals surface area contributed by atoms with Gasteiger partial charge in [0.15, 0.2) is 0 Å². The van der Waals surface area contributed by atoms with Gasteiger partial charge in [0.05, 0.1) is 17.2 Å². The van der Waals surface area contributed by atoms with Gasteiger partial charge in [-0.1, -0.05) is 12.1 Å². The molecule has 1 N–H and O–H groups in total. The molecule has 2 rings (SSSR count). The van der Waals surface area contributed by atoms with E-state index in [9.17, 15) is 9.18 Å². The lowest BCUT2D eigenvalue weighted by Gasteiger charge is -2.11. The number of nitrogens with one attached hydrogen (secondary N) is 1. The first-order valence-electron chi connectivity index (χ1n) is 6.20. The fourth-order valence-electron chi connectivity index (χ4n) is 1.89. The predicted molar refractivity (Wildman–Crippen MR) is 82.7 cm³/mol. The number of rotatable bonds is 2. The van der Waals surface area contributed by atoms with Crippen LogP contribution in [0.15, 0.2) is 34.8 Å². The summed E-state index contributed by atoms with van der Waals surface area (Å²) in [4.78, 5) is 12.3. The van der Waals surface area contributed by atoms with Crippen molar-refractivity contribution in [2.45, 2.75) is 13.8 Å². The van der Waals surface area contributed by atoms with Crippen LogP contribution in [0, 0.1) is 31.0 Å². The van der Waals surface area contributed by atoms with Gasteiger partial charge in [0, 0.05) is 15.7 Å². The average Bonchev–Trinajstić information content (AvgIpc) is 2.46. The molecule has 0 aliphatic heterocycles. The fraction of sp³-hybridized carbons (Fsp3) is 0.125. The van der Waals surface area contributed by atoms with Crippen LogP contribution in [-0.4, -0.2) is 5.91 Å². The Kier molecular flexibility index (Phi) is 4.39. The Morgan fingerprint density at radius 2 is 2.05 bits per heavy atom. The second kappa shape index (κ2) is 6.06. The van der Waals surface area contributed by atoms with Crippen LogP contribution in [0.5, 0.6) is 0 Å². The molecule has 0 fully saturated rings. The molecule has 0 bridgehead atoms. The minimum atomic E-state index is -0.521. The van der Waals surface area contributed by atoms with E-state index in [0.717, 1.165) is 11.6 Å². The Balaban J connectivity index is 2.39. The van der Waals surface area contributed by atoms with E-state index in [0.29, 0.717) is 21.3 Å². The first kappa shape index (κ1) is 15.2. The van der Waals surface area contributed by atoms with E-state index >= 15 is 0 Å². The maximum absolute atomic E-state index is 13.7. The van der Waals surface area contributed by atoms with Crippen molar-refractivity contribution in [2.24, 2.45) is 0 Å². The number of hydrogen-bond donors (Lipinski definition) is 1. The lowest BCUT2D eigenvalue weighted by Crippen LogP contribution is -2.14. The van der Waals surface area contributed by atoms with Crippen molar-refractivity contribution in [1.29, 1.82) is 5.26 Å². The third kappa shape index (κ3) is 3.11. The van der Waals surface area contributed by atoms with Gasteiger partial charge in [-0.05, 0) is 53.5 Å². The molecule has 0 heterocycles. The van der Waals surface area contributed by atoms with Crippen molar-refractivity contribution in [1.82, 2.24) is 0 Å². The van der Waals surface area contributed by atoms with Crippen LogP contribution in [0.1, 0.15) is 27.0 Å². The van der Waals surface area contributed by atoms with Crippen molar-refractivity contribution in [3.8, 4) is 6.07 Å². The van der Waals surface area contributed by atoms with Crippen LogP contribution in [0.25, 0.3) is 0 Å². The molecule has 0 saturated carbocycles. The summed E-state index contributed by atoms with van der Waals surface area (Å²) in [5.74, 6) is -0.879. The molecule has 0 aromatic heterocycles. The Labute approximate surface area is 130 Å². The van der Waals surface area contributed by atoms with E-state index in [-0.39, 0.29) is 11.5 Å². The Morgan fingerprint density at radius 1 is 1.33 bits per heavy atom. The first-order valence-corrected chi connectivity index (χ1v) is 7.00. The lowest BCUT2D eigenvalue weighted by atomic mass is 10.1. The van der Waals surface area contributed by atoms with Gasteiger partial charge in [0.25, 0.3) is 5.91 Å². The molecule has 1 amide bonds. The number of carbonyl (C=O) groups is 1. The highest BCUT2D eigenvalue weighted by atomic mass is 79.9. The van der Waals surface area contributed by atoms with E-state index < -0.39 is 5.82 Å². The Morgan fingerprint density at radius 3 is 2.71 bits per heavy atom. The van der Waals surface area contributed by atoms with Gasteiger partial charge in [-0.25, -0.2) is 4.39 Å². The molecule has 0 atom stereocenters. The largest absolute Gasteiger partial charge is 0.322 e. The number of anilines is 1. The molecular weight excluding hydrogens is 335 g/mol. The molecule has 0 spiro atoms. The lowest BCUT2D eigenvalue weighted by molar-refractivity contribution is 0.102. The molecule has 3 nitrogen and oxygen atoms in total. The average molecular weight is 347 g/mol. The summed E-state index contributed by atoms with van der Waals surface area (Å²) >= 11 is 3.37. The smallest absolute Gasteiger partial charge is 0.256 e. The monoisotopic (exact) mass is 346 g/mol. The van der Waals surface area contributed by atoms with E-state index in [1.54, 1.807) is 19.1 Å². The van der Waals surface area contributed by atoms with Crippen LogP contribution in [0.3, 0.4) is 0 Å². The quantitative estimate of drug-likeness (QED) is 0.879. The van der Waals surface area contributed by atoms with Crippen LogP contribution in [0.4, 0.5) is 10.1 Å². The van der Waals surface area contributed by atoms with E-state index in [2.05, 4.69) is 21.2 Å². The number of nitriles is 1. The summed E-state index contributed by atoms with van der Waals surface area (Å²) in [6.07, 6.45) is 0. The molecule has 0 unspecified atom stereocenters. The Bertz CT molecular complexity index is 766. The molecule has 0 radical (unpaired) electrons. The zero-order valence-electron chi connectivity index (χ0n) is 11.5. The highest BCUT2D eigenvalue weighted by Gasteiger charge is 2.14. The predicted octanol–water partition coefficient (Wildman–Crippen LogP) is 4.33. The number of benzene rings is 2. The van der Waals surface area contributed by atoms with Gasteiger partial charge in [-0.2, -0.15) is 5.26 Å². The number of hydrogen-bond acceptors (Lipinski definition) is 2. The van der Waals surface area contributed by atoms with Gasteiger partial charge in [-0.3, -0.25) is 4.79 Å². The van der Waals surface area contributed by atoms with Crippen molar-refractivity contribution in [3.05, 3.63) is 62.9 Å². The molecule has 21 heavy (non-hydrogen) atoms. The van der Waals surface area contributed by atoms with Gasteiger partial charge >= 0.3 is 0 Å². The van der Waals surface area contributed by atoms with Crippen molar-refractivity contribution in [3.63, 3.8) is 0 Å². The zero-order chi connectivity index (χ0) is 15.6. The maximum atomic E-state index is 13.7. The second-order valence-corrected chi connectivity index (χ2v) is 5.43. The maximum Gasteiger partial charge on any atom is 0.256 e. The molecule has 106 valence electrons. The molecule has 2 aromatic carbocycles. The SMILES string of the molecule is Cc1cccc(C(=O)Nc2cc(C#N)cc(F)c2C)c1Br. The molecule has 0 saturated heterocycles. The van der Waals surface area contributed by atoms with Crippen LogP contribution >= 0.6 is 15.9 Å². The summed E-state index contributed by atoms with van der Waals surface area (Å²) in [6.45, 7) is 3.43. The van der Waals surface area contributed by atoms with Crippen molar-refractivity contribution < 1.29 is 9.18 Å². The molecule has 0 aliphatic rings. The number of carbonyl (C=O) groups excluding carboxylic acids is 1. The topological polar surface area (TPSA) is 52.9 Å². The second-order valence-electron chi connectivity index (χ2n) is 4.63. The van der Waals surface area contributed by atoms with E-state index in [1.165, 1.54) is 6.07 Å². The first-order chi connectivity index (χ1) is 9.93. The summed E-state index contributed by atoms with van der Waals surface area (Å²) in [6, 6.07) is 9.80. The summed E-state index contributed by atoms with van der Waals surface area (Å²) in [5.41, 5.74) is 2.14. The molecule has 2 aromatic rings. The van der Waals surface area contributed by atoms with E-state index in [4.69, 9.17) is 5.26 Å². The minimum absolute atomic E-state index is 0.164. The van der Waals surface area contributed by atoms with Crippen LogP contribution in [-0.2, 0) is 0 Å². The number of nitrogens with zero attached hydrogens (tertiary/aromatic N) is 1. The van der Waals surface area contributed by atoms with E-state index in [1.807, 2.05) is 19.1 Å². The van der Waals surface area contributed by atoms with Crippen LogP contribution < -0.4 is 5.32 Å². The number of halogens is 2. The highest BCUT2D eigenvalue weighted by Crippen LogP contribution is 2.24. The van der Waals surface area contributed by atoms with Gasteiger partial charge in [0.1, 0.15) is 5.82 Å². The van der Waals surface area contributed by atoms with Gasteiger partial charge in [0.2, 0.25) is 0 Å². The third-order valence-corrected chi connectivity index (χ3v) is 4.21. The number of aryl methyl sites for hydroxylation is 1. The standard InChI is InChI=1S/C16H12BrFN2O/c1-9-4-3-5-12(15(9)17)16(21)20-14-7-11(8-19)6-13(18)10(14)2/h3-7H,1-2H3,(H,20,21). The Hall–Kier alpha value is -2.19. The number of amides is 1. The van der Waals surface area contributed by atoms with Crippen molar-refractivity contribution >= 4 is 27.5 Å². The van der Waals surface area contributed by atoms with Gasteiger partial charge < -0.3 is 5.32 Å². The summed E-state index contributed by atoms with van der Waals surface area (Å²) < 4.78 is 14.4. The molecule has 5 heteroatoms. The summed E-state index contributed by atoms with van der Waals surface area (Å²) in [5, 5.41) is 11.5. The highest BCUT2D eigenvalue weighted by molar-refractivity contribution is 9.10. The van der Waals surface area contributed by atoms with Gasteiger partial charge in [-0.15, -0.1) is 0 Å². The third-order valence-electron chi connectivity index (χ3n) is 3.16. The van der Waals surface area contributed by atoms with Crippen molar-refractivity contribution in [2.75, 3.05) is 5.32 Å². The molecule has 0 aliphatic carbocycles. The normalized spacial score (nSPS) is 10.0. The molecular formula is C16H12BrFN2O. The van der Waals surface area contributed by atoms with Crippen LogP contribution in [0.2, 0.25) is 0 Å². The summed E-state index contributed by atoms with van der Waals surface area (Å²) in [7, 11) is 0.